The number of pyridine rings is 1. The van der Waals surface area contributed by atoms with Crippen molar-refractivity contribution < 1.29 is 0 Å². The number of hydrogen-bond donors (Lipinski definition) is 1. The number of aromatic nitrogens is 1. The van der Waals surface area contributed by atoms with E-state index in [1.165, 1.54) is 18.5 Å². The summed E-state index contributed by atoms with van der Waals surface area (Å²) in [5, 5.41) is 3.15. The number of hydrogen-bond acceptors (Lipinski definition) is 3. The third-order valence-corrected chi connectivity index (χ3v) is 3.54. The zero-order valence-corrected chi connectivity index (χ0v) is 12.2. The van der Waals surface area contributed by atoms with Gasteiger partial charge in [-0.2, -0.15) is 0 Å². The quantitative estimate of drug-likeness (QED) is 0.767. The molecule has 1 aromatic rings. The molecule has 0 aliphatic heterocycles. The molecule has 1 aromatic heterocycles. The maximum absolute atomic E-state index is 4.38. The Bertz CT molecular complexity index is 334. The molecule has 18 heavy (non-hydrogen) atoms. The van der Waals surface area contributed by atoms with Gasteiger partial charge in [0.2, 0.25) is 0 Å². The number of nitrogens with zero attached hydrogens (tertiary/aromatic N) is 2. The van der Waals surface area contributed by atoms with Crippen LogP contribution in [-0.2, 0) is 6.54 Å². The van der Waals surface area contributed by atoms with Gasteiger partial charge >= 0.3 is 0 Å². The van der Waals surface area contributed by atoms with Crippen LogP contribution >= 0.6 is 0 Å². The molecule has 0 unspecified atom stereocenters. The molecule has 0 aliphatic rings. The average molecular weight is 249 g/mol. The van der Waals surface area contributed by atoms with E-state index in [2.05, 4.69) is 48.1 Å². The van der Waals surface area contributed by atoms with Gasteiger partial charge in [-0.25, -0.2) is 0 Å². The second-order valence-corrected chi connectivity index (χ2v) is 4.76. The predicted octanol–water partition coefficient (Wildman–Crippen LogP) is 3.06. The van der Waals surface area contributed by atoms with E-state index < -0.39 is 0 Å². The van der Waals surface area contributed by atoms with E-state index in [0.717, 1.165) is 31.2 Å². The van der Waals surface area contributed by atoms with Gasteiger partial charge in [0, 0.05) is 31.5 Å². The summed E-state index contributed by atoms with van der Waals surface area (Å²) < 4.78 is 0. The van der Waals surface area contributed by atoms with Gasteiger partial charge in [0.25, 0.3) is 0 Å². The summed E-state index contributed by atoms with van der Waals surface area (Å²) >= 11 is 0. The van der Waals surface area contributed by atoms with Gasteiger partial charge in [0.1, 0.15) is 0 Å². The Kier molecular flexibility index (Phi) is 6.73. The summed E-state index contributed by atoms with van der Waals surface area (Å²) in [7, 11) is 1.95. The lowest BCUT2D eigenvalue weighted by Gasteiger charge is -2.27. The predicted molar refractivity (Wildman–Crippen MR) is 79.0 cm³/mol. The van der Waals surface area contributed by atoms with Crippen LogP contribution in [0.15, 0.2) is 18.3 Å². The van der Waals surface area contributed by atoms with Crippen molar-refractivity contribution >= 4 is 5.69 Å². The van der Waals surface area contributed by atoms with Gasteiger partial charge in [0.15, 0.2) is 0 Å². The third-order valence-electron chi connectivity index (χ3n) is 3.54. The van der Waals surface area contributed by atoms with E-state index in [0.29, 0.717) is 0 Å². The fourth-order valence-electron chi connectivity index (χ4n) is 2.22. The highest BCUT2D eigenvalue weighted by molar-refractivity contribution is 5.46. The summed E-state index contributed by atoms with van der Waals surface area (Å²) in [6, 6.07) is 4.31. The highest BCUT2D eigenvalue weighted by atomic mass is 15.1. The molecule has 102 valence electrons. The Labute approximate surface area is 112 Å². The summed E-state index contributed by atoms with van der Waals surface area (Å²) in [5.74, 6) is 0.783. The van der Waals surface area contributed by atoms with Gasteiger partial charge in [-0.3, -0.25) is 4.98 Å². The first-order valence-corrected chi connectivity index (χ1v) is 7.09. The van der Waals surface area contributed by atoms with Crippen LogP contribution in [0.3, 0.4) is 0 Å². The third kappa shape index (κ3) is 4.30. The number of rotatable bonds is 8. The molecule has 0 bridgehead atoms. The molecule has 3 nitrogen and oxygen atoms in total. The van der Waals surface area contributed by atoms with Gasteiger partial charge in [-0.05, 0) is 32.0 Å². The molecule has 3 heteroatoms. The van der Waals surface area contributed by atoms with E-state index in [1.54, 1.807) is 0 Å². The smallest absolute Gasteiger partial charge is 0.0562 e. The monoisotopic (exact) mass is 249 g/mol. The van der Waals surface area contributed by atoms with E-state index in [-0.39, 0.29) is 0 Å². The van der Waals surface area contributed by atoms with Crippen molar-refractivity contribution in [2.75, 3.05) is 25.0 Å². The molecule has 1 rings (SSSR count). The van der Waals surface area contributed by atoms with Crippen LogP contribution in [0, 0.1) is 5.92 Å². The molecular weight excluding hydrogens is 222 g/mol. The Morgan fingerprint density at radius 1 is 1.28 bits per heavy atom. The lowest BCUT2D eigenvalue weighted by molar-refractivity contribution is 0.486. The molecular formula is C15H27N3. The Hall–Kier alpha value is -1.09. The molecule has 0 saturated heterocycles. The lowest BCUT2D eigenvalue weighted by Crippen LogP contribution is -2.29. The Morgan fingerprint density at radius 3 is 2.56 bits per heavy atom. The van der Waals surface area contributed by atoms with Gasteiger partial charge in [0.05, 0.1) is 5.69 Å². The minimum atomic E-state index is 0.783. The molecule has 1 N–H and O–H groups in total. The molecule has 0 aromatic carbocycles. The maximum atomic E-state index is 4.38. The molecule has 0 radical (unpaired) electrons. The first-order chi connectivity index (χ1) is 8.74. The largest absolute Gasteiger partial charge is 0.371 e. The topological polar surface area (TPSA) is 28.2 Å². The molecule has 0 atom stereocenters. The average Bonchev–Trinajstić information content (AvgIpc) is 2.41. The fraction of sp³-hybridized carbons (Fsp3) is 0.667. The minimum absolute atomic E-state index is 0.783. The SMILES string of the molecule is CCC(CC)CN(CC)c1ccnc(CNC)c1. The highest BCUT2D eigenvalue weighted by Gasteiger charge is 2.11. The summed E-state index contributed by atoms with van der Waals surface area (Å²) in [6.07, 6.45) is 4.42. The van der Waals surface area contributed by atoms with Gasteiger partial charge in [-0.15, -0.1) is 0 Å². The van der Waals surface area contributed by atoms with Crippen molar-refractivity contribution in [1.82, 2.24) is 10.3 Å². The van der Waals surface area contributed by atoms with Crippen LogP contribution in [0.2, 0.25) is 0 Å². The van der Waals surface area contributed by atoms with Crippen molar-refractivity contribution in [3.05, 3.63) is 24.0 Å². The van der Waals surface area contributed by atoms with Crippen LogP contribution in [0.4, 0.5) is 5.69 Å². The normalized spacial score (nSPS) is 10.9. The van der Waals surface area contributed by atoms with Crippen LogP contribution in [0.1, 0.15) is 39.3 Å². The van der Waals surface area contributed by atoms with E-state index in [4.69, 9.17) is 0 Å². The fourth-order valence-corrected chi connectivity index (χ4v) is 2.22. The zero-order valence-electron chi connectivity index (χ0n) is 12.2. The van der Waals surface area contributed by atoms with Crippen LogP contribution < -0.4 is 10.2 Å². The number of nitrogens with one attached hydrogen (secondary N) is 1. The zero-order chi connectivity index (χ0) is 13.4. The van der Waals surface area contributed by atoms with E-state index in [1.807, 2.05) is 13.2 Å². The summed E-state index contributed by atoms with van der Waals surface area (Å²) in [4.78, 5) is 6.83. The first kappa shape index (κ1) is 15.0. The first-order valence-electron chi connectivity index (χ1n) is 7.09. The highest BCUT2D eigenvalue weighted by Crippen LogP contribution is 2.18. The standard InChI is InChI=1S/C15H27N3/c1-5-13(6-2)12-18(7-3)15-8-9-17-14(10-15)11-16-4/h8-10,13,16H,5-7,11-12H2,1-4H3. The molecule has 0 saturated carbocycles. The molecule has 0 aliphatic carbocycles. The molecule has 0 spiro atoms. The van der Waals surface area contributed by atoms with Crippen molar-refractivity contribution in [2.24, 2.45) is 5.92 Å². The van der Waals surface area contributed by atoms with Crippen LogP contribution in [0.25, 0.3) is 0 Å². The second kappa shape index (κ2) is 8.09. The van der Waals surface area contributed by atoms with Gasteiger partial charge in [-0.1, -0.05) is 26.7 Å². The Morgan fingerprint density at radius 2 is 2.00 bits per heavy atom. The second-order valence-electron chi connectivity index (χ2n) is 4.76. The van der Waals surface area contributed by atoms with E-state index in [9.17, 15) is 0 Å². The van der Waals surface area contributed by atoms with Crippen LogP contribution in [-0.4, -0.2) is 25.1 Å². The van der Waals surface area contributed by atoms with Crippen molar-refractivity contribution in [3.8, 4) is 0 Å². The minimum Gasteiger partial charge on any atom is -0.371 e. The molecule has 0 amide bonds. The molecule has 0 fully saturated rings. The summed E-state index contributed by atoms with van der Waals surface area (Å²) in [5.41, 5.74) is 2.41. The van der Waals surface area contributed by atoms with E-state index >= 15 is 0 Å². The maximum Gasteiger partial charge on any atom is 0.0562 e. The summed E-state index contributed by atoms with van der Waals surface area (Å²) in [6.45, 7) is 9.81. The Balaban J connectivity index is 2.77. The van der Waals surface area contributed by atoms with Crippen molar-refractivity contribution in [2.45, 2.75) is 40.2 Å². The number of anilines is 1. The van der Waals surface area contributed by atoms with Crippen molar-refractivity contribution in [3.63, 3.8) is 0 Å². The van der Waals surface area contributed by atoms with Crippen LogP contribution in [0.5, 0.6) is 0 Å². The van der Waals surface area contributed by atoms with Crippen molar-refractivity contribution in [1.29, 1.82) is 0 Å². The van der Waals surface area contributed by atoms with Gasteiger partial charge < -0.3 is 10.2 Å². The lowest BCUT2D eigenvalue weighted by atomic mass is 10.0. The molecule has 1 heterocycles.